The van der Waals surface area contributed by atoms with Crippen LogP contribution in [0.5, 0.6) is 17.2 Å². The summed E-state index contributed by atoms with van der Waals surface area (Å²) in [5, 5.41) is 12.8. The zero-order valence-electron chi connectivity index (χ0n) is 16.9. The van der Waals surface area contributed by atoms with E-state index in [1.54, 1.807) is 42.2 Å². The summed E-state index contributed by atoms with van der Waals surface area (Å²) in [6.45, 7) is 2.71. The van der Waals surface area contributed by atoms with Crippen LogP contribution in [-0.4, -0.2) is 54.2 Å². The molecule has 2 amide bonds. The number of phenolic OH excluding ortho intramolecular Hbond substituents is 1. The molecule has 1 saturated heterocycles. The van der Waals surface area contributed by atoms with E-state index in [1.165, 1.54) is 19.2 Å². The largest absolute Gasteiger partial charge is 0.508 e. The number of phenols is 1. The molecule has 30 heavy (non-hydrogen) atoms. The van der Waals surface area contributed by atoms with E-state index in [4.69, 9.17) is 21.1 Å². The Bertz CT molecular complexity index is 895. The summed E-state index contributed by atoms with van der Waals surface area (Å²) in [5.74, 6) is 0.773. The standard InChI is InChI=1S/C22H25ClN2O5/c1-14(30-18-6-4-17(26)5-7-18)21(27)24-16-9-11-25(12-10-16)22(28)19-13-15(23)3-8-20(19)29-2/h3-8,13-14,16,26H,9-12H2,1-2H3,(H,24,27). The smallest absolute Gasteiger partial charge is 0.260 e. The molecule has 3 rings (SSSR count). The highest BCUT2D eigenvalue weighted by Gasteiger charge is 2.27. The van der Waals surface area contributed by atoms with Gasteiger partial charge in [-0.1, -0.05) is 11.6 Å². The van der Waals surface area contributed by atoms with E-state index in [0.717, 1.165) is 0 Å². The lowest BCUT2D eigenvalue weighted by atomic mass is 10.0. The SMILES string of the molecule is COc1ccc(Cl)cc1C(=O)N1CCC(NC(=O)C(C)Oc2ccc(O)cc2)CC1. The average molecular weight is 433 g/mol. The lowest BCUT2D eigenvalue weighted by Gasteiger charge is -2.33. The lowest BCUT2D eigenvalue weighted by molar-refractivity contribution is -0.128. The van der Waals surface area contributed by atoms with Crippen LogP contribution in [0.4, 0.5) is 0 Å². The van der Waals surface area contributed by atoms with Crippen LogP contribution in [0.2, 0.25) is 5.02 Å². The van der Waals surface area contributed by atoms with E-state index in [9.17, 15) is 14.7 Å². The Labute approximate surface area is 180 Å². The van der Waals surface area contributed by atoms with Gasteiger partial charge in [0, 0.05) is 24.2 Å². The molecular weight excluding hydrogens is 408 g/mol. The predicted molar refractivity (Wildman–Crippen MR) is 113 cm³/mol. The van der Waals surface area contributed by atoms with Crippen molar-refractivity contribution >= 4 is 23.4 Å². The molecule has 0 bridgehead atoms. The second kappa shape index (κ2) is 9.71. The number of ether oxygens (including phenoxy) is 2. The van der Waals surface area contributed by atoms with Gasteiger partial charge in [0.05, 0.1) is 12.7 Å². The second-order valence-electron chi connectivity index (χ2n) is 7.17. The van der Waals surface area contributed by atoms with Crippen LogP contribution in [-0.2, 0) is 4.79 Å². The highest BCUT2D eigenvalue weighted by Crippen LogP contribution is 2.25. The summed E-state index contributed by atoms with van der Waals surface area (Å²) < 4.78 is 10.9. The van der Waals surface area contributed by atoms with Gasteiger partial charge in [0.1, 0.15) is 17.2 Å². The van der Waals surface area contributed by atoms with Gasteiger partial charge in [-0.25, -0.2) is 0 Å². The monoisotopic (exact) mass is 432 g/mol. The number of hydrogen-bond donors (Lipinski definition) is 2. The topological polar surface area (TPSA) is 88.1 Å². The molecule has 2 aromatic carbocycles. The van der Waals surface area contributed by atoms with Crippen molar-refractivity contribution in [2.24, 2.45) is 0 Å². The zero-order valence-corrected chi connectivity index (χ0v) is 17.7. The summed E-state index contributed by atoms with van der Waals surface area (Å²) in [5.41, 5.74) is 0.434. The fourth-order valence-corrected chi connectivity index (χ4v) is 3.52. The first-order valence-electron chi connectivity index (χ1n) is 9.76. The van der Waals surface area contributed by atoms with Gasteiger partial charge in [-0.2, -0.15) is 0 Å². The van der Waals surface area contributed by atoms with Crippen molar-refractivity contribution in [1.29, 1.82) is 0 Å². The molecule has 8 heteroatoms. The van der Waals surface area contributed by atoms with E-state index in [0.29, 0.717) is 48.0 Å². The molecule has 0 aromatic heterocycles. The number of amides is 2. The molecule has 2 aromatic rings. The Hall–Kier alpha value is -2.93. The number of nitrogens with one attached hydrogen (secondary N) is 1. The van der Waals surface area contributed by atoms with Crippen molar-refractivity contribution in [3.63, 3.8) is 0 Å². The summed E-state index contributed by atoms with van der Waals surface area (Å²) in [6.07, 6.45) is 0.614. The van der Waals surface area contributed by atoms with Crippen LogP contribution in [0.1, 0.15) is 30.1 Å². The third-order valence-corrected chi connectivity index (χ3v) is 5.27. The van der Waals surface area contributed by atoms with E-state index in [1.807, 2.05) is 0 Å². The lowest BCUT2D eigenvalue weighted by Crippen LogP contribution is -2.49. The number of benzene rings is 2. The van der Waals surface area contributed by atoms with E-state index in [-0.39, 0.29) is 23.6 Å². The Morgan fingerprint density at radius 3 is 2.47 bits per heavy atom. The van der Waals surface area contributed by atoms with Crippen LogP contribution in [0.3, 0.4) is 0 Å². The van der Waals surface area contributed by atoms with Gasteiger partial charge in [-0.05, 0) is 62.2 Å². The first kappa shape index (κ1) is 21.8. The van der Waals surface area contributed by atoms with Gasteiger partial charge in [-0.3, -0.25) is 9.59 Å². The molecule has 1 aliphatic rings. The number of carbonyl (C=O) groups is 2. The van der Waals surface area contributed by atoms with Crippen LogP contribution >= 0.6 is 11.6 Å². The van der Waals surface area contributed by atoms with Gasteiger partial charge in [0.2, 0.25) is 0 Å². The molecule has 1 atom stereocenters. The Morgan fingerprint density at radius 2 is 1.83 bits per heavy atom. The predicted octanol–water partition coefficient (Wildman–Crippen LogP) is 3.24. The van der Waals surface area contributed by atoms with E-state index >= 15 is 0 Å². The third-order valence-electron chi connectivity index (χ3n) is 5.04. The summed E-state index contributed by atoms with van der Waals surface area (Å²) in [4.78, 5) is 27.0. The molecule has 160 valence electrons. The molecule has 0 aliphatic carbocycles. The molecule has 1 fully saturated rings. The van der Waals surface area contributed by atoms with Crippen LogP contribution in [0.15, 0.2) is 42.5 Å². The van der Waals surface area contributed by atoms with Crippen molar-refractivity contribution in [3.05, 3.63) is 53.1 Å². The van der Waals surface area contributed by atoms with Gasteiger partial charge in [0.25, 0.3) is 11.8 Å². The molecule has 1 heterocycles. The third kappa shape index (κ3) is 5.36. The highest BCUT2D eigenvalue weighted by atomic mass is 35.5. The summed E-state index contributed by atoms with van der Waals surface area (Å²) in [7, 11) is 1.52. The van der Waals surface area contributed by atoms with Gasteiger partial charge >= 0.3 is 0 Å². The van der Waals surface area contributed by atoms with E-state index < -0.39 is 6.10 Å². The molecule has 1 unspecified atom stereocenters. The number of halogens is 1. The minimum Gasteiger partial charge on any atom is -0.508 e. The van der Waals surface area contributed by atoms with E-state index in [2.05, 4.69) is 5.32 Å². The number of piperidine rings is 1. The summed E-state index contributed by atoms with van der Waals surface area (Å²) >= 11 is 6.03. The first-order valence-corrected chi connectivity index (χ1v) is 10.1. The van der Waals surface area contributed by atoms with Crippen LogP contribution in [0.25, 0.3) is 0 Å². The maximum atomic E-state index is 12.9. The Kier molecular flexibility index (Phi) is 7.05. The molecule has 0 saturated carbocycles. The molecule has 2 N–H and O–H groups in total. The normalized spacial score (nSPS) is 15.4. The quantitative estimate of drug-likeness (QED) is 0.731. The van der Waals surface area contributed by atoms with Crippen LogP contribution < -0.4 is 14.8 Å². The fourth-order valence-electron chi connectivity index (χ4n) is 3.35. The minimum absolute atomic E-state index is 0.0336. The number of likely N-dealkylation sites (tertiary alicyclic amines) is 1. The summed E-state index contributed by atoms with van der Waals surface area (Å²) in [6, 6.07) is 11.1. The Balaban J connectivity index is 1.51. The molecule has 0 radical (unpaired) electrons. The molecule has 1 aliphatic heterocycles. The van der Waals surface area contributed by atoms with Crippen molar-refractivity contribution in [2.45, 2.75) is 31.9 Å². The van der Waals surface area contributed by atoms with Crippen LogP contribution in [0, 0.1) is 0 Å². The molecular formula is C22H25ClN2O5. The van der Waals surface area contributed by atoms with Gasteiger partial charge < -0.3 is 24.8 Å². The number of methoxy groups -OCH3 is 1. The van der Waals surface area contributed by atoms with Crippen molar-refractivity contribution in [2.75, 3.05) is 20.2 Å². The zero-order chi connectivity index (χ0) is 21.7. The molecule has 7 nitrogen and oxygen atoms in total. The highest BCUT2D eigenvalue weighted by molar-refractivity contribution is 6.31. The minimum atomic E-state index is -0.676. The average Bonchev–Trinajstić information content (AvgIpc) is 2.75. The number of hydrogen-bond acceptors (Lipinski definition) is 5. The van der Waals surface area contributed by atoms with Crippen molar-refractivity contribution < 1.29 is 24.2 Å². The number of rotatable bonds is 6. The van der Waals surface area contributed by atoms with Gasteiger partial charge in [-0.15, -0.1) is 0 Å². The Morgan fingerprint density at radius 1 is 1.17 bits per heavy atom. The second-order valence-corrected chi connectivity index (χ2v) is 7.61. The molecule has 0 spiro atoms. The van der Waals surface area contributed by atoms with Crippen molar-refractivity contribution in [3.8, 4) is 17.2 Å². The first-order chi connectivity index (χ1) is 14.4. The van der Waals surface area contributed by atoms with Crippen molar-refractivity contribution in [1.82, 2.24) is 10.2 Å². The fraction of sp³-hybridized carbons (Fsp3) is 0.364. The number of aromatic hydroxyl groups is 1. The van der Waals surface area contributed by atoms with Gasteiger partial charge in [0.15, 0.2) is 6.10 Å². The number of carbonyl (C=O) groups excluding carboxylic acids is 2. The maximum Gasteiger partial charge on any atom is 0.260 e. The number of nitrogens with zero attached hydrogens (tertiary/aromatic N) is 1. The maximum absolute atomic E-state index is 12.9.